The molecule has 0 aliphatic carbocycles. The second kappa shape index (κ2) is 5.37. The Morgan fingerprint density at radius 2 is 2.21 bits per heavy atom. The van der Waals surface area contributed by atoms with Crippen LogP contribution in [0.15, 0.2) is 18.3 Å². The van der Waals surface area contributed by atoms with Gasteiger partial charge in [0.25, 0.3) is 0 Å². The minimum atomic E-state index is -0.417. The van der Waals surface area contributed by atoms with Gasteiger partial charge < -0.3 is 9.84 Å². The maximum absolute atomic E-state index is 9.62. The molecule has 1 N–H and O–H groups in total. The zero-order valence-electron chi connectivity index (χ0n) is 9.76. The lowest BCUT2D eigenvalue weighted by molar-refractivity contribution is -0.0511. The molecule has 2 aromatic heterocycles. The van der Waals surface area contributed by atoms with E-state index in [0.29, 0.717) is 23.2 Å². The first-order chi connectivity index (χ1) is 9.06. The van der Waals surface area contributed by atoms with E-state index >= 15 is 0 Å². The highest BCUT2D eigenvalue weighted by Crippen LogP contribution is 2.37. The standard InChI is InChI=1S/C12H11Cl2IN2O2/c13-6-1-2-9-16-12(14)10(17(9)4-6)11-8(15)3-7(18)5-19-11/h1-2,4,7-8,11,18H,3,5H2/t7-,8-,11-/m0/s1. The molecule has 0 unspecified atom stereocenters. The van der Waals surface area contributed by atoms with Gasteiger partial charge in [-0.25, -0.2) is 4.98 Å². The van der Waals surface area contributed by atoms with Gasteiger partial charge in [-0.2, -0.15) is 0 Å². The second-order valence-corrected chi connectivity index (χ2v) is 6.92. The van der Waals surface area contributed by atoms with Crippen LogP contribution in [0, 0.1) is 0 Å². The van der Waals surface area contributed by atoms with Gasteiger partial charge in [-0.1, -0.05) is 45.8 Å². The van der Waals surface area contributed by atoms with Gasteiger partial charge in [0.2, 0.25) is 0 Å². The molecule has 102 valence electrons. The van der Waals surface area contributed by atoms with E-state index in [2.05, 4.69) is 27.6 Å². The van der Waals surface area contributed by atoms with Crippen LogP contribution in [-0.2, 0) is 4.74 Å². The van der Waals surface area contributed by atoms with Crippen LogP contribution in [0.2, 0.25) is 10.2 Å². The number of halogens is 3. The molecule has 3 heterocycles. The maximum atomic E-state index is 9.62. The normalized spacial score (nSPS) is 27.9. The predicted octanol–water partition coefficient (Wildman–Crippen LogP) is 3.27. The van der Waals surface area contributed by atoms with E-state index in [-0.39, 0.29) is 10.0 Å². The van der Waals surface area contributed by atoms with E-state index in [9.17, 15) is 5.11 Å². The van der Waals surface area contributed by atoms with Gasteiger partial charge in [0.15, 0.2) is 5.15 Å². The molecule has 0 spiro atoms. The number of ether oxygens (including phenoxy) is 1. The van der Waals surface area contributed by atoms with Gasteiger partial charge in [0, 0.05) is 10.1 Å². The number of rotatable bonds is 1. The SMILES string of the molecule is O[C@@H]1CO[C@H](c2c(Cl)nc3ccc(Cl)cn23)[C@@H](I)C1. The van der Waals surface area contributed by atoms with Crippen molar-refractivity contribution in [2.45, 2.75) is 22.6 Å². The van der Waals surface area contributed by atoms with E-state index in [4.69, 9.17) is 27.9 Å². The van der Waals surface area contributed by atoms with Crippen molar-refractivity contribution in [2.75, 3.05) is 6.61 Å². The van der Waals surface area contributed by atoms with Crippen LogP contribution in [0.4, 0.5) is 0 Å². The van der Waals surface area contributed by atoms with Crippen LogP contribution in [-0.4, -0.2) is 31.1 Å². The fourth-order valence-corrected chi connectivity index (χ4v) is 3.86. The number of nitrogens with zero attached hydrogens (tertiary/aromatic N) is 2. The smallest absolute Gasteiger partial charge is 0.154 e. The summed E-state index contributed by atoms with van der Waals surface area (Å²) in [7, 11) is 0. The molecule has 4 nitrogen and oxygen atoms in total. The molecule has 19 heavy (non-hydrogen) atoms. The average Bonchev–Trinajstić information content (AvgIpc) is 2.65. The maximum Gasteiger partial charge on any atom is 0.154 e. The van der Waals surface area contributed by atoms with Crippen molar-refractivity contribution < 1.29 is 9.84 Å². The van der Waals surface area contributed by atoms with Crippen molar-refractivity contribution in [3.63, 3.8) is 0 Å². The summed E-state index contributed by atoms with van der Waals surface area (Å²) in [5.41, 5.74) is 1.54. The second-order valence-electron chi connectivity index (χ2n) is 4.52. The third-order valence-corrected chi connectivity index (χ3v) is 4.80. The molecule has 0 bridgehead atoms. The number of fused-ring (bicyclic) bond motifs is 1. The van der Waals surface area contributed by atoms with Crippen LogP contribution < -0.4 is 0 Å². The molecule has 3 rings (SSSR count). The van der Waals surface area contributed by atoms with Gasteiger partial charge >= 0.3 is 0 Å². The predicted molar refractivity (Wildman–Crippen MR) is 82.3 cm³/mol. The third-order valence-electron chi connectivity index (χ3n) is 3.14. The summed E-state index contributed by atoms with van der Waals surface area (Å²) in [6.45, 7) is 0.314. The van der Waals surface area contributed by atoms with E-state index in [1.54, 1.807) is 12.3 Å². The Labute approximate surface area is 133 Å². The van der Waals surface area contributed by atoms with Crippen molar-refractivity contribution in [1.82, 2.24) is 9.38 Å². The molecule has 0 amide bonds. The minimum Gasteiger partial charge on any atom is -0.391 e. The Bertz CT molecular complexity index is 619. The molecule has 0 saturated carbocycles. The van der Waals surface area contributed by atoms with Gasteiger partial charge in [-0.3, -0.25) is 4.40 Å². The van der Waals surface area contributed by atoms with Crippen LogP contribution in [0.3, 0.4) is 0 Å². The molecule has 1 saturated heterocycles. The first kappa shape index (κ1) is 13.9. The van der Waals surface area contributed by atoms with Crippen molar-refractivity contribution in [3.8, 4) is 0 Å². The Morgan fingerprint density at radius 1 is 1.42 bits per heavy atom. The number of aliphatic hydroxyl groups is 1. The Hall–Kier alpha value is -0.0800. The lowest BCUT2D eigenvalue weighted by Crippen LogP contribution is -2.33. The molecule has 3 atom stereocenters. The number of hydrogen-bond acceptors (Lipinski definition) is 3. The topological polar surface area (TPSA) is 46.8 Å². The summed E-state index contributed by atoms with van der Waals surface area (Å²) < 4.78 is 7.73. The lowest BCUT2D eigenvalue weighted by Gasteiger charge is -2.30. The van der Waals surface area contributed by atoms with Crippen molar-refractivity contribution in [2.24, 2.45) is 0 Å². The highest BCUT2D eigenvalue weighted by atomic mass is 127. The average molecular weight is 413 g/mol. The Morgan fingerprint density at radius 3 is 2.95 bits per heavy atom. The first-order valence-electron chi connectivity index (χ1n) is 5.83. The summed E-state index contributed by atoms with van der Waals surface area (Å²) in [6, 6.07) is 3.59. The van der Waals surface area contributed by atoms with Gasteiger partial charge in [0.05, 0.1) is 23.4 Å². The van der Waals surface area contributed by atoms with Crippen molar-refractivity contribution in [3.05, 3.63) is 34.2 Å². The van der Waals surface area contributed by atoms with Crippen LogP contribution in [0.25, 0.3) is 5.65 Å². The van der Waals surface area contributed by atoms with Crippen LogP contribution in [0.5, 0.6) is 0 Å². The number of aliphatic hydroxyl groups excluding tert-OH is 1. The van der Waals surface area contributed by atoms with Gasteiger partial charge in [-0.05, 0) is 18.6 Å². The van der Waals surface area contributed by atoms with Crippen LogP contribution in [0.1, 0.15) is 18.2 Å². The van der Waals surface area contributed by atoms with E-state index in [1.807, 2.05) is 10.5 Å². The monoisotopic (exact) mass is 412 g/mol. The third kappa shape index (κ3) is 2.58. The zero-order valence-corrected chi connectivity index (χ0v) is 13.4. The lowest BCUT2D eigenvalue weighted by atomic mass is 10.0. The Balaban J connectivity index is 2.09. The molecule has 0 radical (unpaired) electrons. The van der Waals surface area contributed by atoms with Gasteiger partial charge in [0.1, 0.15) is 11.8 Å². The van der Waals surface area contributed by atoms with Crippen molar-refractivity contribution in [1.29, 1.82) is 0 Å². The molecule has 1 fully saturated rings. The fourth-order valence-electron chi connectivity index (χ4n) is 2.28. The summed E-state index contributed by atoms with van der Waals surface area (Å²) in [5, 5.41) is 10.7. The number of imidazole rings is 1. The summed E-state index contributed by atoms with van der Waals surface area (Å²) in [5.74, 6) is 0. The summed E-state index contributed by atoms with van der Waals surface area (Å²) >= 11 is 14.5. The molecule has 1 aliphatic rings. The number of alkyl halides is 1. The first-order valence-corrected chi connectivity index (χ1v) is 7.83. The molecular formula is C12H11Cl2IN2O2. The Kier molecular flexibility index (Phi) is 3.92. The zero-order chi connectivity index (χ0) is 13.6. The summed E-state index contributed by atoms with van der Waals surface area (Å²) in [6.07, 6.45) is 1.85. The minimum absolute atomic E-state index is 0.137. The van der Waals surface area contributed by atoms with E-state index in [0.717, 1.165) is 11.3 Å². The molecule has 1 aliphatic heterocycles. The number of aromatic nitrogens is 2. The largest absolute Gasteiger partial charge is 0.391 e. The molecular weight excluding hydrogens is 402 g/mol. The van der Waals surface area contributed by atoms with E-state index < -0.39 is 6.10 Å². The highest BCUT2D eigenvalue weighted by Gasteiger charge is 2.33. The molecule has 2 aromatic rings. The van der Waals surface area contributed by atoms with Crippen LogP contribution >= 0.6 is 45.8 Å². The molecule has 0 aromatic carbocycles. The summed E-state index contributed by atoms with van der Waals surface area (Å²) in [4.78, 5) is 4.31. The fraction of sp³-hybridized carbons (Fsp3) is 0.417. The molecule has 7 heteroatoms. The number of pyridine rings is 1. The van der Waals surface area contributed by atoms with E-state index in [1.165, 1.54) is 0 Å². The van der Waals surface area contributed by atoms with Gasteiger partial charge in [-0.15, -0.1) is 0 Å². The highest BCUT2D eigenvalue weighted by molar-refractivity contribution is 14.1. The van der Waals surface area contributed by atoms with Crippen molar-refractivity contribution >= 4 is 51.4 Å². The number of hydrogen-bond donors (Lipinski definition) is 1. The quantitative estimate of drug-likeness (QED) is 0.577.